The summed E-state index contributed by atoms with van der Waals surface area (Å²) in [5.74, 6) is -0.395. The maximum Gasteiger partial charge on any atom is 0.254 e. The van der Waals surface area contributed by atoms with E-state index >= 15 is 0 Å². The van der Waals surface area contributed by atoms with Gasteiger partial charge in [-0.2, -0.15) is 0 Å². The number of rotatable bonds is 1. The molecule has 70 valence electrons. The fourth-order valence-corrected chi connectivity index (χ4v) is 1.33. The first-order chi connectivity index (χ1) is 6.68. The van der Waals surface area contributed by atoms with Crippen molar-refractivity contribution in [1.29, 1.82) is 0 Å². The third-order valence-electron chi connectivity index (χ3n) is 2.05. The van der Waals surface area contributed by atoms with E-state index in [0.29, 0.717) is 10.9 Å². The fraction of sp³-hybridized carbons (Fsp3) is 0. The van der Waals surface area contributed by atoms with Crippen LogP contribution < -0.4 is 10.7 Å². The molecule has 0 aliphatic rings. The second-order valence-electron chi connectivity index (χ2n) is 2.99. The Morgan fingerprint density at radius 2 is 2.21 bits per heavy atom. The first-order valence-electron chi connectivity index (χ1n) is 4.12. The number of H-pyrrole nitrogens is 1. The molecule has 14 heavy (non-hydrogen) atoms. The number of carbonyl (C=O) groups is 1. The quantitative estimate of drug-likeness (QED) is 0.683. The van der Waals surface area contributed by atoms with Crippen molar-refractivity contribution < 1.29 is 14.9 Å². The highest BCUT2D eigenvalue weighted by atomic mass is 16.3. The van der Waals surface area contributed by atoms with E-state index in [-0.39, 0.29) is 5.75 Å². The van der Waals surface area contributed by atoms with E-state index in [2.05, 4.69) is 4.98 Å². The highest BCUT2D eigenvalue weighted by Gasteiger charge is 2.09. The molecule has 0 saturated heterocycles. The summed E-state index contributed by atoms with van der Waals surface area (Å²) in [4.78, 5) is 13.8. The molecule has 0 atom stereocenters. The third-order valence-corrected chi connectivity index (χ3v) is 2.05. The number of fused-ring (bicyclic) bond motifs is 1. The molecule has 1 amide bonds. The molecule has 4 nitrogen and oxygen atoms in total. The summed E-state index contributed by atoms with van der Waals surface area (Å²) in [5.41, 5.74) is 6.22. The van der Waals surface area contributed by atoms with Gasteiger partial charge in [0, 0.05) is 6.07 Å². The van der Waals surface area contributed by atoms with Crippen molar-refractivity contribution in [3.05, 3.63) is 36.0 Å². The Balaban J connectivity index is 2.76. The van der Waals surface area contributed by atoms with Crippen molar-refractivity contribution in [1.82, 2.24) is 0 Å². The number of carbonyl (C=O) groups excluding carboxylic acids is 1. The Morgan fingerprint density at radius 1 is 1.43 bits per heavy atom. The van der Waals surface area contributed by atoms with Crippen molar-refractivity contribution >= 4 is 16.8 Å². The van der Waals surface area contributed by atoms with Gasteiger partial charge in [0.25, 0.3) is 5.91 Å². The van der Waals surface area contributed by atoms with Crippen LogP contribution in [0, 0.1) is 0 Å². The Labute approximate surface area is 80.0 Å². The molecule has 1 heterocycles. The molecule has 0 aliphatic heterocycles. The SMILES string of the molecule is NC(=O)c1c[nH+]c2cccc(O)c2c1. The number of amides is 1. The van der Waals surface area contributed by atoms with Crippen molar-refractivity contribution in [3.63, 3.8) is 0 Å². The van der Waals surface area contributed by atoms with Gasteiger partial charge in [-0.25, -0.2) is 4.98 Å². The van der Waals surface area contributed by atoms with Gasteiger partial charge in [-0.1, -0.05) is 6.07 Å². The number of hydrogen-bond donors (Lipinski definition) is 2. The molecule has 0 saturated carbocycles. The van der Waals surface area contributed by atoms with Gasteiger partial charge in [0.2, 0.25) is 5.52 Å². The van der Waals surface area contributed by atoms with E-state index < -0.39 is 5.91 Å². The maximum atomic E-state index is 10.9. The van der Waals surface area contributed by atoms with Gasteiger partial charge >= 0.3 is 0 Å². The molecule has 0 fully saturated rings. The number of aromatic nitrogens is 1. The van der Waals surface area contributed by atoms with Gasteiger partial charge in [-0.3, -0.25) is 4.79 Å². The zero-order chi connectivity index (χ0) is 10.1. The number of aromatic amines is 1. The molecule has 1 aromatic heterocycles. The van der Waals surface area contributed by atoms with Crippen LogP contribution in [0.15, 0.2) is 30.5 Å². The van der Waals surface area contributed by atoms with E-state index in [1.54, 1.807) is 24.3 Å². The molecule has 0 bridgehead atoms. The minimum Gasteiger partial charge on any atom is -0.507 e. The minimum absolute atomic E-state index is 0.127. The van der Waals surface area contributed by atoms with Crippen molar-refractivity contribution in [3.8, 4) is 5.75 Å². The summed E-state index contributed by atoms with van der Waals surface area (Å²) in [5, 5.41) is 10.1. The number of phenols is 1. The van der Waals surface area contributed by atoms with E-state index in [4.69, 9.17) is 5.73 Å². The molecule has 0 spiro atoms. The monoisotopic (exact) mass is 189 g/mol. The van der Waals surface area contributed by atoms with E-state index in [0.717, 1.165) is 5.52 Å². The van der Waals surface area contributed by atoms with Gasteiger partial charge in [0.05, 0.1) is 5.39 Å². The fourth-order valence-electron chi connectivity index (χ4n) is 1.33. The number of benzene rings is 1. The van der Waals surface area contributed by atoms with E-state index in [1.807, 2.05) is 0 Å². The summed E-state index contributed by atoms with van der Waals surface area (Å²) in [6.07, 6.45) is 1.52. The molecule has 1 aromatic carbocycles. The largest absolute Gasteiger partial charge is 0.507 e. The van der Waals surface area contributed by atoms with Crippen LogP contribution in [-0.4, -0.2) is 11.0 Å². The summed E-state index contributed by atoms with van der Waals surface area (Å²) >= 11 is 0. The van der Waals surface area contributed by atoms with Crippen molar-refractivity contribution in [2.75, 3.05) is 0 Å². The molecule has 0 aliphatic carbocycles. The number of phenolic OH excluding ortho intramolecular Hbond substituents is 1. The first-order valence-corrected chi connectivity index (χ1v) is 4.12. The third kappa shape index (κ3) is 1.26. The molecular formula is C10H9N2O2+. The van der Waals surface area contributed by atoms with Crippen molar-refractivity contribution in [2.45, 2.75) is 0 Å². The van der Waals surface area contributed by atoms with Gasteiger partial charge in [0.1, 0.15) is 11.3 Å². The zero-order valence-corrected chi connectivity index (χ0v) is 7.32. The van der Waals surface area contributed by atoms with Crippen LogP contribution in [0.25, 0.3) is 10.9 Å². The first kappa shape index (κ1) is 8.50. The predicted molar refractivity (Wildman–Crippen MR) is 50.7 cm³/mol. The number of pyridine rings is 1. The lowest BCUT2D eigenvalue weighted by Gasteiger charge is -1.96. The van der Waals surface area contributed by atoms with Gasteiger partial charge in [0.15, 0.2) is 6.20 Å². The number of nitrogens with one attached hydrogen (secondary N) is 1. The molecule has 0 radical (unpaired) electrons. The second-order valence-corrected chi connectivity index (χ2v) is 2.99. The van der Waals surface area contributed by atoms with Crippen LogP contribution in [0.3, 0.4) is 0 Å². The minimum atomic E-state index is -0.522. The topological polar surface area (TPSA) is 77.5 Å². The summed E-state index contributed by atoms with van der Waals surface area (Å²) in [6.45, 7) is 0. The van der Waals surface area contributed by atoms with Crippen LogP contribution in [0.2, 0.25) is 0 Å². The molecule has 4 N–H and O–H groups in total. The van der Waals surface area contributed by atoms with Gasteiger partial charge in [-0.05, 0) is 12.1 Å². The van der Waals surface area contributed by atoms with Gasteiger partial charge < -0.3 is 10.8 Å². The number of hydrogen-bond acceptors (Lipinski definition) is 2. The lowest BCUT2D eigenvalue weighted by Crippen LogP contribution is -2.15. The van der Waals surface area contributed by atoms with Crippen LogP contribution in [0.1, 0.15) is 10.4 Å². The normalized spacial score (nSPS) is 10.3. The lowest BCUT2D eigenvalue weighted by molar-refractivity contribution is -0.344. The molecule has 0 unspecified atom stereocenters. The molecule has 2 rings (SSSR count). The summed E-state index contributed by atoms with van der Waals surface area (Å²) in [6, 6.07) is 6.64. The number of nitrogens with two attached hydrogens (primary N) is 1. The highest BCUT2D eigenvalue weighted by Crippen LogP contribution is 2.21. The average molecular weight is 189 g/mol. The standard InChI is InChI=1S/C10H8N2O2/c11-10(14)6-4-7-8(12-5-6)2-1-3-9(7)13/h1-5,13H,(H2,11,14)/p+1. The summed E-state index contributed by atoms with van der Waals surface area (Å²) < 4.78 is 0. The average Bonchev–Trinajstić information content (AvgIpc) is 2.18. The second kappa shape index (κ2) is 2.99. The van der Waals surface area contributed by atoms with Crippen LogP contribution in [0.4, 0.5) is 0 Å². The van der Waals surface area contributed by atoms with Crippen LogP contribution in [0.5, 0.6) is 5.75 Å². The highest BCUT2D eigenvalue weighted by molar-refractivity contribution is 5.96. The molecule has 2 aromatic rings. The Hall–Kier alpha value is -2.10. The Morgan fingerprint density at radius 3 is 2.93 bits per heavy atom. The zero-order valence-electron chi connectivity index (χ0n) is 7.32. The predicted octanol–water partition coefficient (Wildman–Crippen LogP) is 0.458. The van der Waals surface area contributed by atoms with Crippen molar-refractivity contribution in [2.24, 2.45) is 5.73 Å². The molecular weight excluding hydrogens is 180 g/mol. The number of aromatic hydroxyl groups is 1. The maximum absolute atomic E-state index is 10.9. The van der Waals surface area contributed by atoms with E-state index in [9.17, 15) is 9.90 Å². The lowest BCUT2D eigenvalue weighted by atomic mass is 10.1. The number of primary amides is 1. The smallest absolute Gasteiger partial charge is 0.254 e. The Bertz CT molecular complexity index is 508. The van der Waals surface area contributed by atoms with Crippen LogP contribution in [-0.2, 0) is 0 Å². The summed E-state index contributed by atoms with van der Waals surface area (Å²) in [7, 11) is 0. The van der Waals surface area contributed by atoms with Crippen LogP contribution >= 0.6 is 0 Å². The van der Waals surface area contributed by atoms with E-state index in [1.165, 1.54) is 6.20 Å². The Kier molecular flexibility index (Phi) is 1.81. The van der Waals surface area contributed by atoms with Gasteiger partial charge in [-0.15, -0.1) is 0 Å². The molecule has 4 heteroatoms.